The number of hydrogen-bond acceptors (Lipinski definition) is 6. The molecule has 1 aromatic heterocycles. The van der Waals surface area contributed by atoms with Crippen LogP contribution in [0.4, 0.5) is 5.00 Å². The van der Waals surface area contributed by atoms with Crippen LogP contribution in [0.3, 0.4) is 0 Å². The van der Waals surface area contributed by atoms with Gasteiger partial charge in [-0.2, -0.15) is 0 Å². The number of fused-ring (bicyclic) bond motifs is 1. The molecule has 1 aliphatic rings. The van der Waals surface area contributed by atoms with Crippen LogP contribution in [0.25, 0.3) is 0 Å². The standard InChI is InChI=1S/C25H32N2O4S2/c1-6-25(3,4)15-12-13-17-19(14-15)33-22(20(17)23(29)31-7-2)27-24(32)26-21(28)16-10-8-9-11-18(16)30-5/h8-11,15H,6-7,12-14H2,1-5H3,(H2,26,27,28,32)/t15-/m0/s1. The molecule has 1 amide bonds. The van der Waals surface area contributed by atoms with Gasteiger partial charge in [0.15, 0.2) is 5.11 Å². The molecule has 1 heterocycles. The van der Waals surface area contributed by atoms with Crippen LogP contribution in [0.1, 0.15) is 71.7 Å². The first-order valence-electron chi connectivity index (χ1n) is 11.3. The van der Waals surface area contributed by atoms with Crippen molar-refractivity contribution < 1.29 is 19.1 Å². The molecule has 0 saturated carbocycles. The van der Waals surface area contributed by atoms with Crippen molar-refractivity contribution in [3.05, 3.63) is 45.8 Å². The summed E-state index contributed by atoms with van der Waals surface area (Å²) in [6.07, 6.45) is 3.89. The molecule has 6 nitrogen and oxygen atoms in total. The normalized spacial score (nSPS) is 15.4. The second kappa shape index (κ2) is 10.7. The van der Waals surface area contributed by atoms with Crippen LogP contribution in [0.5, 0.6) is 5.75 Å². The minimum absolute atomic E-state index is 0.125. The largest absolute Gasteiger partial charge is 0.496 e. The highest BCUT2D eigenvalue weighted by Crippen LogP contribution is 2.45. The van der Waals surface area contributed by atoms with Crippen molar-refractivity contribution in [1.82, 2.24) is 5.32 Å². The highest BCUT2D eigenvalue weighted by atomic mass is 32.1. The summed E-state index contributed by atoms with van der Waals surface area (Å²) >= 11 is 6.95. The van der Waals surface area contributed by atoms with Crippen molar-refractivity contribution in [2.75, 3.05) is 19.0 Å². The third-order valence-corrected chi connectivity index (χ3v) is 7.94. The zero-order chi connectivity index (χ0) is 24.2. The number of carbonyl (C=O) groups excluding carboxylic acids is 2. The number of nitrogens with one attached hydrogen (secondary N) is 2. The molecule has 0 aliphatic heterocycles. The van der Waals surface area contributed by atoms with Gasteiger partial charge in [-0.3, -0.25) is 10.1 Å². The number of rotatable bonds is 7. The van der Waals surface area contributed by atoms with Crippen LogP contribution in [-0.4, -0.2) is 30.7 Å². The summed E-state index contributed by atoms with van der Waals surface area (Å²) in [7, 11) is 1.51. The minimum Gasteiger partial charge on any atom is -0.496 e. The zero-order valence-corrected chi connectivity index (χ0v) is 21.5. The number of hydrogen-bond donors (Lipinski definition) is 2. The molecule has 2 aromatic rings. The lowest BCUT2D eigenvalue weighted by molar-refractivity contribution is 0.0526. The van der Waals surface area contributed by atoms with Crippen molar-refractivity contribution in [1.29, 1.82) is 0 Å². The van der Waals surface area contributed by atoms with Gasteiger partial charge in [0.2, 0.25) is 0 Å². The van der Waals surface area contributed by atoms with Crippen molar-refractivity contribution in [2.24, 2.45) is 11.3 Å². The van der Waals surface area contributed by atoms with Gasteiger partial charge in [0.1, 0.15) is 10.8 Å². The Bertz CT molecular complexity index is 1050. The van der Waals surface area contributed by atoms with E-state index in [2.05, 4.69) is 31.4 Å². The Labute approximate surface area is 205 Å². The van der Waals surface area contributed by atoms with E-state index in [0.717, 1.165) is 31.2 Å². The first-order valence-corrected chi connectivity index (χ1v) is 12.5. The maximum Gasteiger partial charge on any atom is 0.341 e. The molecule has 3 rings (SSSR count). The summed E-state index contributed by atoms with van der Waals surface area (Å²) in [5.41, 5.74) is 2.20. The van der Waals surface area contributed by atoms with Crippen molar-refractivity contribution in [2.45, 2.75) is 53.4 Å². The Balaban J connectivity index is 1.84. The predicted octanol–water partition coefficient (Wildman–Crippen LogP) is 5.60. The van der Waals surface area contributed by atoms with E-state index in [1.54, 1.807) is 31.2 Å². The fraction of sp³-hybridized carbons (Fsp3) is 0.480. The number of benzene rings is 1. The SMILES string of the molecule is CCOC(=O)c1c(NC(=S)NC(=O)c2ccccc2OC)sc2c1CC[C@H](C(C)(C)CC)C2. The van der Waals surface area contributed by atoms with E-state index in [1.165, 1.54) is 23.3 Å². The van der Waals surface area contributed by atoms with Crippen molar-refractivity contribution >= 4 is 45.5 Å². The van der Waals surface area contributed by atoms with Crippen LogP contribution in [0, 0.1) is 11.3 Å². The van der Waals surface area contributed by atoms with Gasteiger partial charge in [0.05, 0.1) is 24.8 Å². The van der Waals surface area contributed by atoms with Gasteiger partial charge >= 0.3 is 5.97 Å². The van der Waals surface area contributed by atoms with E-state index < -0.39 is 0 Å². The molecule has 0 unspecified atom stereocenters. The van der Waals surface area contributed by atoms with Gasteiger partial charge < -0.3 is 14.8 Å². The number of methoxy groups -OCH3 is 1. The molecule has 1 atom stereocenters. The third kappa shape index (κ3) is 5.55. The van der Waals surface area contributed by atoms with E-state index in [9.17, 15) is 9.59 Å². The van der Waals surface area contributed by atoms with Gasteiger partial charge in [-0.15, -0.1) is 11.3 Å². The Morgan fingerprint density at radius 2 is 1.97 bits per heavy atom. The van der Waals surface area contributed by atoms with Crippen LogP contribution in [-0.2, 0) is 17.6 Å². The lowest BCUT2D eigenvalue weighted by Crippen LogP contribution is -2.34. The second-order valence-corrected chi connectivity index (χ2v) is 10.3. The molecule has 178 valence electrons. The molecule has 8 heteroatoms. The summed E-state index contributed by atoms with van der Waals surface area (Å²) in [6.45, 7) is 8.93. The number of carbonyl (C=O) groups is 2. The second-order valence-electron chi connectivity index (χ2n) is 8.82. The predicted molar refractivity (Wildman–Crippen MR) is 137 cm³/mol. The topological polar surface area (TPSA) is 76.7 Å². The number of esters is 1. The van der Waals surface area contributed by atoms with Crippen LogP contribution >= 0.6 is 23.6 Å². The lowest BCUT2D eigenvalue weighted by Gasteiger charge is -2.36. The van der Waals surface area contributed by atoms with E-state index in [-0.39, 0.29) is 22.4 Å². The average molecular weight is 489 g/mol. The smallest absolute Gasteiger partial charge is 0.341 e. The van der Waals surface area contributed by atoms with E-state index in [1.807, 2.05) is 0 Å². The summed E-state index contributed by atoms with van der Waals surface area (Å²) in [4.78, 5) is 26.8. The number of amides is 1. The molecular formula is C25H32N2O4S2. The Kier molecular flexibility index (Phi) is 8.13. The Morgan fingerprint density at radius 1 is 1.24 bits per heavy atom. The zero-order valence-electron chi connectivity index (χ0n) is 19.9. The summed E-state index contributed by atoms with van der Waals surface area (Å²) < 4.78 is 10.6. The molecular weight excluding hydrogens is 456 g/mol. The van der Waals surface area contributed by atoms with Gasteiger partial charge in [0.25, 0.3) is 5.91 Å². The molecule has 0 fully saturated rings. The monoisotopic (exact) mass is 488 g/mol. The summed E-state index contributed by atoms with van der Waals surface area (Å²) in [5, 5.41) is 6.53. The summed E-state index contributed by atoms with van der Waals surface area (Å²) in [6, 6.07) is 6.93. The maximum absolute atomic E-state index is 12.8. The highest BCUT2D eigenvalue weighted by molar-refractivity contribution is 7.80. The molecule has 0 radical (unpaired) electrons. The quantitative estimate of drug-likeness (QED) is 0.390. The third-order valence-electron chi connectivity index (χ3n) is 6.57. The van der Waals surface area contributed by atoms with Gasteiger partial charge in [0, 0.05) is 4.88 Å². The van der Waals surface area contributed by atoms with Crippen LogP contribution in [0.15, 0.2) is 24.3 Å². The summed E-state index contributed by atoms with van der Waals surface area (Å²) in [5.74, 6) is 0.271. The minimum atomic E-state index is -0.381. The molecule has 1 aliphatic carbocycles. The number of para-hydroxylation sites is 1. The fourth-order valence-corrected chi connectivity index (χ4v) is 5.77. The molecule has 1 aromatic carbocycles. The van der Waals surface area contributed by atoms with Gasteiger partial charge in [-0.1, -0.05) is 39.3 Å². The molecule has 0 spiro atoms. The number of anilines is 1. The van der Waals surface area contributed by atoms with Gasteiger partial charge in [-0.25, -0.2) is 4.79 Å². The molecule has 2 N–H and O–H groups in total. The highest BCUT2D eigenvalue weighted by Gasteiger charge is 2.35. The lowest BCUT2D eigenvalue weighted by atomic mass is 9.69. The Morgan fingerprint density at radius 3 is 2.64 bits per heavy atom. The number of ether oxygens (including phenoxy) is 2. The van der Waals surface area contributed by atoms with Crippen LogP contribution < -0.4 is 15.4 Å². The molecule has 0 bridgehead atoms. The van der Waals surface area contributed by atoms with Crippen LogP contribution in [0.2, 0.25) is 0 Å². The average Bonchev–Trinajstić information content (AvgIpc) is 3.15. The Hall–Kier alpha value is -2.45. The van der Waals surface area contributed by atoms with E-state index >= 15 is 0 Å². The van der Waals surface area contributed by atoms with E-state index in [4.69, 9.17) is 21.7 Å². The first-order chi connectivity index (χ1) is 15.7. The molecule has 33 heavy (non-hydrogen) atoms. The van der Waals surface area contributed by atoms with Crippen molar-refractivity contribution in [3.8, 4) is 5.75 Å². The number of thiocarbonyl (C=S) groups is 1. The molecule has 0 saturated heterocycles. The maximum atomic E-state index is 12.8. The van der Waals surface area contributed by atoms with Gasteiger partial charge in [-0.05, 0) is 67.4 Å². The first kappa shape index (κ1) is 25.2. The van der Waals surface area contributed by atoms with Crippen molar-refractivity contribution in [3.63, 3.8) is 0 Å². The fourth-order valence-electron chi connectivity index (χ4n) is 4.19. The van der Waals surface area contributed by atoms with E-state index in [0.29, 0.717) is 34.4 Å². The number of thiophene rings is 1.